The molecule has 68 valence electrons. The first kappa shape index (κ1) is 8.63. The van der Waals surface area contributed by atoms with Gasteiger partial charge in [-0.2, -0.15) is 0 Å². The van der Waals surface area contributed by atoms with Crippen LogP contribution >= 0.6 is 0 Å². The normalized spacial score (nSPS) is 10.0. The predicted octanol–water partition coefficient (Wildman–Crippen LogP) is 3.21. The molecule has 0 fully saturated rings. The Balaban J connectivity index is 2.90. The summed E-state index contributed by atoms with van der Waals surface area (Å²) in [6.07, 6.45) is 3.52. The van der Waals surface area contributed by atoms with E-state index in [0.717, 1.165) is 22.2 Å². The van der Waals surface area contributed by atoms with Crippen LogP contribution in [0.4, 0.5) is 5.69 Å². The summed E-state index contributed by atoms with van der Waals surface area (Å²) in [5, 5.41) is 1.07. The molecule has 2 heteroatoms. The third kappa shape index (κ3) is 1.21. The van der Waals surface area contributed by atoms with Gasteiger partial charge in [-0.05, 0) is 12.8 Å². The van der Waals surface area contributed by atoms with Gasteiger partial charge in [0, 0.05) is 17.1 Å². The molecule has 0 radical (unpaired) electrons. The van der Waals surface area contributed by atoms with Gasteiger partial charge < -0.3 is 0 Å². The second kappa shape index (κ2) is 3.42. The van der Waals surface area contributed by atoms with E-state index in [0.29, 0.717) is 0 Å². The number of hydrogen-bond donors (Lipinski definition) is 0. The lowest BCUT2D eigenvalue weighted by Crippen LogP contribution is -1.81. The van der Waals surface area contributed by atoms with Crippen LogP contribution in [0, 0.1) is 0 Å². The van der Waals surface area contributed by atoms with Gasteiger partial charge in [-0.1, -0.05) is 30.9 Å². The summed E-state index contributed by atoms with van der Waals surface area (Å²) in [6, 6.07) is 7.89. The monoisotopic (exact) mass is 182 g/mol. The molecule has 1 heterocycles. The second-order valence-corrected chi connectivity index (χ2v) is 2.94. The van der Waals surface area contributed by atoms with Gasteiger partial charge >= 0.3 is 0 Å². The topological polar surface area (TPSA) is 25.2 Å². The van der Waals surface area contributed by atoms with Gasteiger partial charge in [-0.3, -0.25) is 9.98 Å². The number of rotatable bonds is 2. The highest BCUT2D eigenvalue weighted by atomic mass is 14.8. The van der Waals surface area contributed by atoms with Crippen molar-refractivity contribution in [3.05, 3.63) is 42.6 Å². The zero-order valence-electron chi connectivity index (χ0n) is 7.77. The highest BCUT2D eigenvalue weighted by Crippen LogP contribution is 2.28. The molecule has 0 saturated carbocycles. The standard InChI is InChI=1S/C12H10N2/c1-3-9-6-7-10-5-4-8-14-12(10)11(9)13-2/h3-8H,1-2H2. The molecule has 0 aliphatic carbocycles. The van der Waals surface area contributed by atoms with Gasteiger partial charge in [-0.25, -0.2) is 0 Å². The number of fused-ring (bicyclic) bond motifs is 1. The van der Waals surface area contributed by atoms with Crippen LogP contribution in [0.25, 0.3) is 17.0 Å². The number of aromatic nitrogens is 1. The maximum atomic E-state index is 4.28. The number of aliphatic imine (C=N–C) groups is 1. The fraction of sp³-hybridized carbons (Fsp3) is 0. The molecule has 0 spiro atoms. The van der Waals surface area contributed by atoms with Crippen LogP contribution in [0.15, 0.2) is 42.0 Å². The number of benzene rings is 1. The summed E-state index contributed by atoms with van der Waals surface area (Å²) in [5.41, 5.74) is 2.64. The molecule has 1 aromatic carbocycles. The highest BCUT2D eigenvalue weighted by molar-refractivity contribution is 5.93. The zero-order chi connectivity index (χ0) is 9.97. The summed E-state index contributed by atoms with van der Waals surface area (Å²) in [4.78, 5) is 8.26. The van der Waals surface area contributed by atoms with E-state index < -0.39 is 0 Å². The molecule has 0 bridgehead atoms. The Labute approximate surface area is 82.6 Å². The van der Waals surface area contributed by atoms with E-state index >= 15 is 0 Å². The summed E-state index contributed by atoms with van der Waals surface area (Å²) in [7, 11) is 0. The van der Waals surface area contributed by atoms with Crippen LogP contribution < -0.4 is 0 Å². The molecule has 0 aliphatic heterocycles. The highest BCUT2D eigenvalue weighted by Gasteiger charge is 2.03. The quantitative estimate of drug-likeness (QED) is 0.654. The van der Waals surface area contributed by atoms with Crippen LogP contribution in [-0.4, -0.2) is 11.7 Å². The smallest absolute Gasteiger partial charge is 0.0964 e. The van der Waals surface area contributed by atoms with Crippen molar-refractivity contribution in [1.29, 1.82) is 0 Å². The van der Waals surface area contributed by atoms with E-state index in [4.69, 9.17) is 0 Å². The number of nitrogens with zero attached hydrogens (tertiary/aromatic N) is 2. The van der Waals surface area contributed by atoms with E-state index in [-0.39, 0.29) is 0 Å². The van der Waals surface area contributed by atoms with E-state index in [9.17, 15) is 0 Å². The summed E-state index contributed by atoms with van der Waals surface area (Å²) in [5.74, 6) is 0. The first-order chi connectivity index (χ1) is 6.86. The minimum Gasteiger partial charge on any atom is -0.262 e. The molecule has 0 atom stereocenters. The third-order valence-electron chi connectivity index (χ3n) is 2.16. The number of pyridine rings is 1. The Kier molecular flexibility index (Phi) is 2.11. The molecular weight excluding hydrogens is 172 g/mol. The SMILES string of the molecule is C=Cc1ccc2cccnc2c1N=C. The van der Waals surface area contributed by atoms with Crippen LogP contribution in [0.2, 0.25) is 0 Å². The lowest BCUT2D eigenvalue weighted by atomic mass is 10.1. The summed E-state index contributed by atoms with van der Waals surface area (Å²) in [6.45, 7) is 7.28. The second-order valence-electron chi connectivity index (χ2n) is 2.94. The first-order valence-electron chi connectivity index (χ1n) is 4.33. The Hall–Kier alpha value is -1.96. The van der Waals surface area contributed by atoms with Crippen molar-refractivity contribution in [3.8, 4) is 0 Å². The predicted molar refractivity (Wildman–Crippen MR) is 61.0 cm³/mol. The molecular formula is C12H10N2. The van der Waals surface area contributed by atoms with E-state index in [2.05, 4.69) is 23.3 Å². The van der Waals surface area contributed by atoms with Crippen molar-refractivity contribution in [2.45, 2.75) is 0 Å². The van der Waals surface area contributed by atoms with E-state index in [1.165, 1.54) is 0 Å². The minimum atomic E-state index is 0.804. The third-order valence-corrected chi connectivity index (χ3v) is 2.16. The molecule has 2 rings (SSSR count). The fourth-order valence-corrected chi connectivity index (χ4v) is 1.48. The molecule has 0 aliphatic rings. The average Bonchev–Trinajstić information content (AvgIpc) is 2.27. The summed E-state index contributed by atoms with van der Waals surface area (Å²) >= 11 is 0. The molecule has 0 unspecified atom stereocenters. The Morgan fingerprint density at radius 1 is 1.29 bits per heavy atom. The Bertz CT molecular complexity index is 501. The maximum absolute atomic E-state index is 4.28. The van der Waals surface area contributed by atoms with Crippen LogP contribution in [-0.2, 0) is 0 Å². The van der Waals surface area contributed by atoms with Crippen molar-refractivity contribution in [2.75, 3.05) is 0 Å². The molecule has 0 amide bonds. The van der Waals surface area contributed by atoms with Gasteiger partial charge in [0.05, 0.1) is 11.2 Å². The molecule has 0 N–H and O–H groups in total. The lowest BCUT2D eigenvalue weighted by Gasteiger charge is -2.03. The lowest BCUT2D eigenvalue weighted by molar-refractivity contribution is 1.39. The maximum Gasteiger partial charge on any atom is 0.0964 e. The van der Waals surface area contributed by atoms with E-state index in [1.807, 2.05) is 24.3 Å². The van der Waals surface area contributed by atoms with Gasteiger partial charge in [0.25, 0.3) is 0 Å². The largest absolute Gasteiger partial charge is 0.262 e. The summed E-state index contributed by atoms with van der Waals surface area (Å²) < 4.78 is 0. The van der Waals surface area contributed by atoms with Crippen molar-refractivity contribution in [1.82, 2.24) is 4.98 Å². The molecule has 0 saturated heterocycles. The van der Waals surface area contributed by atoms with E-state index in [1.54, 1.807) is 12.3 Å². The molecule has 2 nitrogen and oxygen atoms in total. The minimum absolute atomic E-state index is 0.804. The molecule has 2 aromatic rings. The van der Waals surface area contributed by atoms with Crippen LogP contribution in [0.1, 0.15) is 5.56 Å². The Morgan fingerprint density at radius 3 is 2.86 bits per heavy atom. The first-order valence-corrected chi connectivity index (χ1v) is 4.33. The van der Waals surface area contributed by atoms with Crippen LogP contribution in [0.3, 0.4) is 0 Å². The zero-order valence-corrected chi connectivity index (χ0v) is 7.77. The molecule has 14 heavy (non-hydrogen) atoms. The Morgan fingerprint density at radius 2 is 2.14 bits per heavy atom. The van der Waals surface area contributed by atoms with Gasteiger partial charge in [0.1, 0.15) is 0 Å². The van der Waals surface area contributed by atoms with Gasteiger partial charge in [-0.15, -0.1) is 0 Å². The average molecular weight is 182 g/mol. The molecule has 1 aromatic heterocycles. The van der Waals surface area contributed by atoms with Crippen molar-refractivity contribution >= 4 is 29.4 Å². The van der Waals surface area contributed by atoms with Crippen LogP contribution in [0.5, 0.6) is 0 Å². The van der Waals surface area contributed by atoms with Gasteiger partial charge in [0.15, 0.2) is 0 Å². The van der Waals surface area contributed by atoms with Crippen molar-refractivity contribution < 1.29 is 0 Å². The van der Waals surface area contributed by atoms with Gasteiger partial charge in [0.2, 0.25) is 0 Å². The fourth-order valence-electron chi connectivity index (χ4n) is 1.48. The van der Waals surface area contributed by atoms with Crippen molar-refractivity contribution in [2.24, 2.45) is 4.99 Å². The number of hydrogen-bond acceptors (Lipinski definition) is 2. The van der Waals surface area contributed by atoms with Crippen molar-refractivity contribution in [3.63, 3.8) is 0 Å².